The monoisotopic (exact) mass is 336 g/mol. The number of hydrogen-bond donors (Lipinski definition) is 2. The molecule has 0 aliphatic rings. The number of nitrogens with one attached hydrogen (secondary N) is 1. The van der Waals surface area contributed by atoms with Crippen molar-refractivity contribution in [2.24, 2.45) is 0 Å². The molecule has 0 aliphatic heterocycles. The second-order valence-electron chi connectivity index (χ2n) is 4.99. The number of nitrogens with zero attached hydrogens (tertiary/aromatic N) is 4. The lowest BCUT2D eigenvalue weighted by Crippen LogP contribution is -2.09. The summed E-state index contributed by atoms with van der Waals surface area (Å²) < 4.78 is 18.5. The van der Waals surface area contributed by atoms with Gasteiger partial charge in [0.05, 0.1) is 11.6 Å². The molecule has 3 aromatic rings. The Bertz CT molecular complexity index is 906. The maximum Gasteiger partial charge on any atom is 0.232 e. The number of benzene rings is 2. The zero-order valence-corrected chi connectivity index (χ0v) is 13.0. The summed E-state index contributed by atoms with van der Waals surface area (Å²) in [6, 6.07) is 14.5. The Morgan fingerprint density at radius 2 is 1.76 bits per heavy atom. The molecular formula is C17H13FN6O. The SMILES string of the molecule is N#Cc1ccc(OCc2nc(N)nc(Nc3ccc(F)cc3)n2)cc1. The Morgan fingerprint density at radius 1 is 1.04 bits per heavy atom. The summed E-state index contributed by atoms with van der Waals surface area (Å²) >= 11 is 0. The first kappa shape index (κ1) is 16.1. The van der Waals surface area contributed by atoms with Crippen molar-refractivity contribution in [3.8, 4) is 11.8 Å². The van der Waals surface area contributed by atoms with Gasteiger partial charge in [-0.2, -0.15) is 20.2 Å². The van der Waals surface area contributed by atoms with E-state index in [4.69, 9.17) is 15.7 Å². The maximum atomic E-state index is 12.9. The van der Waals surface area contributed by atoms with Gasteiger partial charge in [-0.25, -0.2) is 4.39 Å². The summed E-state index contributed by atoms with van der Waals surface area (Å²) in [7, 11) is 0. The van der Waals surface area contributed by atoms with Gasteiger partial charge >= 0.3 is 0 Å². The van der Waals surface area contributed by atoms with E-state index >= 15 is 0 Å². The normalized spacial score (nSPS) is 10.1. The lowest BCUT2D eigenvalue weighted by molar-refractivity contribution is 0.296. The zero-order chi connectivity index (χ0) is 17.6. The molecule has 0 unspecified atom stereocenters. The summed E-state index contributed by atoms with van der Waals surface area (Å²) in [5.41, 5.74) is 6.85. The molecular weight excluding hydrogens is 323 g/mol. The highest BCUT2D eigenvalue weighted by Crippen LogP contribution is 2.16. The Labute approximate surface area is 142 Å². The quantitative estimate of drug-likeness (QED) is 0.737. The fourth-order valence-corrected chi connectivity index (χ4v) is 1.99. The molecule has 0 amide bonds. The molecule has 1 heterocycles. The van der Waals surface area contributed by atoms with Gasteiger partial charge in [-0.3, -0.25) is 0 Å². The standard InChI is InChI=1S/C17H13FN6O/c18-12-3-5-13(6-4-12)21-17-23-15(22-16(20)24-17)10-25-14-7-1-11(9-19)2-8-14/h1-8H,10H2,(H3,20,21,22,23,24). The molecule has 7 nitrogen and oxygen atoms in total. The van der Waals surface area contributed by atoms with Crippen LogP contribution in [0.25, 0.3) is 0 Å². The van der Waals surface area contributed by atoms with Crippen molar-refractivity contribution in [1.82, 2.24) is 15.0 Å². The van der Waals surface area contributed by atoms with E-state index < -0.39 is 0 Å². The Kier molecular flexibility index (Phi) is 4.67. The van der Waals surface area contributed by atoms with E-state index in [1.54, 1.807) is 36.4 Å². The fraction of sp³-hybridized carbons (Fsp3) is 0.0588. The molecule has 0 fully saturated rings. The van der Waals surface area contributed by atoms with Gasteiger partial charge < -0.3 is 15.8 Å². The number of nitrogens with two attached hydrogens (primary N) is 1. The average Bonchev–Trinajstić information content (AvgIpc) is 2.62. The lowest BCUT2D eigenvalue weighted by Gasteiger charge is -2.08. The van der Waals surface area contributed by atoms with E-state index in [1.807, 2.05) is 6.07 Å². The Hall–Kier alpha value is -3.73. The first-order valence-electron chi connectivity index (χ1n) is 7.28. The van der Waals surface area contributed by atoms with Crippen molar-refractivity contribution < 1.29 is 9.13 Å². The third-order valence-corrected chi connectivity index (χ3v) is 3.15. The molecule has 0 spiro atoms. The number of rotatable bonds is 5. The lowest BCUT2D eigenvalue weighted by atomic mass is 10.2. The number of nitriles is 1. The van der Waals surface area contributed by atoms with Crippen LogP contribution in [0.5, 0.6) is 5.75 Å². The van der Waals surface area contributed by atoms with Crippen LogP contribution in [0.4, 0.5) is 22.0 Å². The summed E-state index contributed by atoms with van der Waals surface area (Å²) in [5, 5.41) is 11.7. The molecule has 0 saturated carbocycles. The van der Waals surface area contributed by atoms with Crippen LogP contribution in [0.1, 0.15) is 11.4 Å². The third kappa shape index (κ3) is 4.39. The van der Waals surface area contributed by atoms with Crippen molar-refractivity contribution in [1.29, 1.82) is 5.26 Å². The maximum absolute atomic E-state index is 12.9. The first-order valence-corrected chi connectivity index (χ1v) is 7.28. The summed E-state index contributed by atoms with van der Waals surface area (Å²) in [4.78, 5) is 12.2. The molecule has 124 valence electrons. The number of hydrogen-bond acceptors (Lipinski definition) is 7. The van der Waals surface area contributed by atoms with E-state index in [0.717, 1.165) is 0 Å². The highest BCUT2D eigenvalue weighted by atomic mass is 19.1. The molecule has 25 heavy (non-hydrogen) atoms. The van der Waals surface area contributed by atoms with Crippen molar-refractivity contribution >= 4 is 17.6 Å². The van der Waals surface area contributed by atoms with Gasteiger partial charge in [-0.05, 0) is 48.5 Å². The number of ether oxygens (including phenoxy) is 1. The molecule has 0 aliphatic carbocycles. The van der Waals surface area contributed by atoms with E-state index in [2.05, 4.69) is 20.3 Å². The van der Waals surface area contributed by atoms with Crippen LogP contribution in [0.2, 0.25) is 0 Å². The average molecular weight is 336 g/mol. The molecule has 0 radical (unpaired) electrons. The van der Waals surface area contributed by atoms with Gasteiger partial charge in [0.15, 0.2) is 5.82 Å². The van der Waals surface area contributed by atoms with Crippen molar-refractivity contribution in [3.63, 3.8) is 0 Å². The van der Waals surface area contributed by atoms with E-state index in [9.17, 15) is 4.39 Å². The minimum atomic E-state index is -0.336. The van der Waals surface area contributed by atoms with Gasteiger partial charge in [0.1, 0.15) is 18.2 Å². The van der Waals surface area contributed by atoms with Gasteiger partial charge in [0.25, 0.3) is 0 Å². The molecule has 0 saturated heterocycles. The van der Waals surface area contributed by atoms with Crippen LogP contribution in [0, 0.1) is 17.1 Å². The molecule has 3 N–H and O–H groups in total. The minimum absolute atomic E-state index is 0.0399. The second-order valence-corrected chi connectivity index (χ2v) is 4.99. The van der Waals surface area contributed by atoms with Crippen LogP contribution in [0.3, 0.4) is 0 Å². The molecule has 8 heteroatoms. The van der Waals surface area contributed by atoms with Crippen molar-refractivity contribution in [2.45, 2.75) is 6.61 Å². The predicted octanol–water partition coefficient (Wildman–Crippen LogP) is 2.79. The van der Waals surface area contributed by atoms with Gasteiger partial charge in [-0.1, -0.05) is 0 Å². The Balaban J connectivity index is 1.70. The van der Waals surface area contributed by atoms with Crippen molar-refractivity contribution in [2.75, 3.05) is 11.1 Å². The highest BCUT2D eigenvalue weighted by molar-refractivity contribution is 5.53. The molecule has 1 aromatic heterocycles. The number of aromatic nitrogens is 3. The number of anilines is 3. The van der Waals surface area contributed by atoms with Crippen LogP contribution in [-0.4, -0.2) is 15.0 Å². The van der Waals surface area contributed by atoms with Crippen molar-refractivity contribution in [3.05, 3.63) is 65.7 Å². The number of nitrogen functional groups attached to an aromatic ring is 1. The smallest absolute Gasteiger partial charge is 0.232 e. The largest absolute Gasteiger partial charge is 0.486 e. The summed E-state index contributed by atoms with van der Waals surface area (Å²) in [6.07, 6.45) is 0. The molecule has 3 rings (SSSR count). The third-order valence-electron chi connectivity index (χ3n) is 3.15. The van der Waals surface area contributed by atoms with Crippen LogP contribution < -0.4 is 15.8 Å². The summed E-state index contributed by atoms with van der Waals surface area (Å²) in [5.74, 6) is 0.847. The van der Waals surface area contributed by atoms with Crippen LogP contribution >= 0.6 is 0 Å². The zero-order valence-electron chi connectivity index (χ0n) is 13.0. The van der Waals surface area contributed by atoms with E-state index in [0.29, 0.717) is 22.8 Å². The highest BCUT2D eigenvalue weighted by Gasteiger charge is 2.06. The van der Waals surface area contributed by atoms with Gasteiger partial charge in [0.2, 0.25) is 11.9 Å². The van der Waals surface area contributed by atoms with Gasteiger partial charge in [0, 0.05) is 5.69 Å². The van der Waals surface area contributed by atoms with Crippen LogP contribution in [-0.2, 0) is 6.61 Å². The number of halogens is 1. The van der Waals surface area contributed by atoms with E-state index in [1.165, 1.54) is 12.1 Å². The summed E-state index contributed by atoms with van der Waals surface area (Å²) in [6.45, 7) is 0.0801. The molecule has 0 bridgehead atoms. The van der Waals surface area contributed by atoms with E-state index in [-0.39, 0.29) is 24.3 Å². The first-order chi connectivity index (χ1) is 12.1. The minimum Gasteiger partial charge on any atom is -0.486 e. The molecule has 0 atom stereocenters. The van der Waals surface area contributed by atoms with Gasteiger partial charge in [-0.15, -0.1) is 0 Å². The Morgan fingerprint density at radius 3 is 2.44 bits per heavy atom. The fourth-order valence-electron chi connectivity index (χ4n) is 1.99. The topological polar surface area (TPSA) is 110 Å². The van der Waals surface area contributed by atoms with Crippen LogP contribution in [0.15, 0.2) is 48.5 Å². The molecule has 2 aromatic carbocycles. The second kappa shape index (κ2) is 7.23. The predicted molar refractivity (Wildman–Crippen MR) is 89.4 cm³/mol.